The maximum Gasteiger partial charge on any atom is 0.0772 e. The van der Waals surface area contributed by atoms with Gasteiger partial charge in [-0.3, -0.25) is 21.2 Å². The molecule has 3 N–H and O–H groups in total. The molecule has 2 aliphatic rings. The molecule has 3 atom stereocenters. The maximum atomic E-state index is 5.63. The van der Waals surface area contributed by atoms with Crippen LogP contribution in [0.1, 0.15) is 31.0 Å². The minimum atomic E-state index is 0.187. The molecular weight excluding hydrogens is 188 g/mol. The van der Waals surface area contributed by atoms with E-state index in [-0.39, 0.29) is 6.04 Å². The van der Waals surface area contributed by atoms with Gasteiger partial charge in [0.05, 0.1) is 17.9 Å². The van der Waals surface area contributed by atoms with Gasteiger partial charge in [-0.05, 0) is 37.0 Å². The van der Waals surface area contributed by atoms with Crippen LogP contribution >= 0.6 is 0 Å². The lowest BCUT2D eigenvalue weighted by molar-refractivity contribution is 0.339. The van der Waals surface area contributed by atoms with E-state index in [0.29, 0.717) is 5.92 Å². The number of aromatic nitrogens is 2. The Labute approximate surface area is 89.3 Å². The van der Waals surface area contributed by atoms with Crippen LogP contribution in [0.2, 0.25) is 0 Å². The molecule has 1 aromatic heterocycles. The van der Waals surface area contributed by atoms with Crippen LogP contribution in [-0.4, -0.2) is 9.97 Å². The molecule has 2 saturated carbocycles. The van der Waals surface area contributed by atoms with E-state index in [2.05, 4.69) is 15.4 Å². The normalized spacial score (nSPS) is 34.9. The van der Waals surface area contributed by atoms with Crippen molar-refractivity contribution in [1.29, 1.82) is 0 Å². The van der Waals surface area contributed by atoms with Crippen LogP contribution < -0.4 is 11.3 Å². The summed E-state index contributed by atoms with van der Waals surface area (Å²) in [5, 5.41) is 0. The predicted octanol–water partition coefficient (Wildman–Crippen LogP) is 1.03. The van der Waals surface area contributed by atoms with Crippen LogP contribution in [-0.2, 0) is 0 Å². The van der Waals surface area contributed by atoms with Crippen molar-refractivity contribution in [3.63, 3.8) is 0 Å². The highest BCUT2D eigenvalue weighted by Gasteiger charge is 2.48. The zero-order valence-electron chi connectivity index (χ0n) is 8.63. The van der Waals surface area contributed by atoms with Crippen LogP contribution in [0.15, 0.2) is 18.6 Å². The molecule has 0 radical (unpaired) electrons. The van der Waals surface area contributed by atoms with Gasteiger partial charge in [0.1, 0.15) is 0 Å². The lowest BCUT2D eigenvalue weighted by atomic mass is 9.93. The fourth-order valence-corrected chi connectivity index (χ4v) is 2.97. The second-order valence-corrected chi connectivity index (χ2v) is 4.76. The van der Waals surface area contributed by atoms with E-state index < -0.39 is 0 Å². The van der Waals surface area contributed by atoms with E-state index in [4.69, 9.17) is 5.84 Å². The molecule has 0 bridgehead atoms. The van der Waals surface area contributed by atoms with Gasteiger partial charge >= 0.3 is 0 Å². The average Bonchev–Trinajstić information content (AvgIpc) is 2.89. The number of hydrogen-bond donors (Lipinski definition) is 2. The van der Waals surface area contributed by atoms with Gasteiger partial charge in [-0.2, -0.15) is 0 Å². The van der Waals surface area contributed by atoms with Crippen molar-refractivity contribution in [3.8, 4) is 0 Å². The lowest BCUT2D eigenvalue weighted by Gasteiger charge is -2.22. The molecule has 0 spiro atoms. The largest absolute Gasteiger partial charge is 0.271 e. The van der Waals surface area contributed by atoms with Crippen molar-refractivity contribution in [1.82, 2.24) is 15.4 Å². The molecule has 2 fully saturated rings. The second kappa shape index (κ2) is 3.54. The Bertz CT molecular complexity index is 330. The molecule has 3 unspecified atom stereocenters. The van der Waals surface area contributed by atoms with Crippen LogP contribution in [0, 0.1) is 17.8 Å². The Hall–Kier alpha value is -1.00. The number of hydrazine groups is 1. The summed E-state index contributed by atoms with van der Waals surface area (Å²) in [7, 11) is 0. The minimum Gasteiger partial charge on any atom is -0.271 e. The number of nitrogens with zero attached hydrogens (tertiary/aromatic N) is 2. The van der Waals surface area contributed by atoms with Gasteiger partial charge in [0.15, 0.2) is 0 Å². The molecule has 1 heterocycles. The van der Waals surface area contributed by atoms with Gasteiger partial charge in [0, 0.05) is 12.4 Å². The Morgan fingerprint density at radius 1 is 1.27 bits per heavy atom. The minimum absolute atomic E-state index is 0.187. The fourth-order valence-electron chi connectivity index (χ4n) is 2.97. The molecule has 3 rings (SSSR count). The van der Waals surface area contributed by atoms with Crippen LogP contribution in [0.25, 0.3) is 0 Å². The first kappa shape index (κ1) is 9.24. The van der Waals surface area contributed by atoms with E-state index in [0.717, 1.165) is 17.5 Å². The molecule has 2 aliphatic carbocycles. The van der Waals surface area contributed by atoms with E-state index in [1.165, 1.54) is 19.3 Å². The summed E-state index contributed by atoms with van der Waals surface area (Å²) in [6, 6.07) is 0.187. The first-order chi connectivity index (χ1) is 7.38. The monoisotopic (exact) mass is 204 g/mol. The highest BCUT2D eigenvalue weighted by molar-refractivity contribution is 5.08. The zero-order chi connectivity index (χ0) is 10.3. The average molecular weight is 204 g/mol. The molecular formula is C11H16N4. The van der Waals surface area contributed by atoms with Crippen LogP contribution in [0.5, 0.6) is 0 Å². The third-order valence-electron chi connectivity index (χ3n) is 3.83. The van der Waals surface area contributed by atoms with Crippen molar-refractivity contribution in [2.75, 3.05) is 0 Å². The molecule has 0 aliphatic heterocycles. The zero-order valence-corrected chi connectivity index (χ0v) is 8.63. The standard InChI is InChI=1S/C11H16N4/c12-15-11(10-6-13-1-2-14-10)9-4-7-3-8(7)5-9/h1-2,6-9,11,15H,3-5,12H2. The van der Waals surface area contributed by atoms with Gasteiger partial charge in [0.2, 0.25) is 0 Å². The number of hydrogen-bond acceptors (Lipinski definition) is 4. The lowest BCUT2D eigenvalue weighted by Crippen LogP contribution is -2.33. The Balaban J connectivity index is 1.76. The molecule has 0 amide bonds. The van der Waals surface area contributed by atoms with Crippen molar-refractivity contribution >= 4 is 0 Å². The Morgan fingerprint density at radius 3 is 2.67 bits per heavy atom. The van der Waals surface area contributed by atoms with Gasteiger partial charge in [-0.25, -0.2) is 0 Å². The molecule has 4 heteroatoms. The first-order valence-corrected chi connectivity index (χ1v) is 5.60. The first-order valence-electron chi connectivity index (χ1n) is 5.60. The highest BCUT2D eigenvalue weighted by Crippen LogP contribution is 2.56. The SMILES string of the molecule is NNC(c1cnccn1)C1CC2CC2C1. The molecule has 15 heavy (non-hydrogen) atoms. The summed E-state index contributed by atoms with van der Waals surface area (Å²) in [6.07, 6.45) is 9.29. The summed E-state index contributed by atoms with van der Waals surface area (Å²) in [5.41, 5.74) is 3.88. The van der Waals surface area contributed by atoms with Gasteiger partial charge in [-0.1, -0.05) is 0 Å². The van der Waals surface area contributed by atoms with Crippen molar-refractivity contribution in [2.45, 2.75) is 25.3 Å². The van der Waals surface area contributed by atoms with Crippen molar-refractivity contribution in [3.05, 3.63) is 24.3 Å². The van der Waals surface area contributed by atoms with Crippen LogP contribution in [0.3, 0.4) is 0 Å². The third kappa shape index (κ3) is 1.64. The van der Waals surface area contributed by atoms with Crippen molar-refractivity contribution in [2.24, 2.45) is 23.6 Å². The van der Waals surface area contributed by atoms with E-state index in [1.54, 1.807) is 12.4 Å². The van der Waals surface area contributed by atoms with E-state index >= 15 is 0 Å². The molecule has 0 saturated heterocycles. The quantitative estimate of drug-likeness (QED) is 0.570. The summed E-state index contributed by atoms with van der Waals surface area (Å²) in [6.45, 7) is 0. The maximum absolute atomic E-state index is 5.63. The Kier molecular flexibility index (Phi) is 2.18. The number of fused-ring (bicyclic) bond motifs is 1. The van der Waals surface area contributed by atoms with Gasteiger partial charge < -0.3 is 0 Å². The van der Waals surface area contributed by atoms with Gasteiger partial charge in [0.25, 0.3) is 0 Å². The van der Waals surface area contributed by atoms with E-state index in [1.807, 2.05) is 6.20 Å². The molecule has 0 aromatic carbocycles. The number of nitrogens with one attached hydrogen (secondary N) is 1. The Morgan fingerprint density at radius 2 is 2.07 bits per heavy atom. The molecule has 80 valence electrons. The second-order valence-electron chi connectivity index (χ2n) is 4.76. The summed E-state index contributed by atoms with van der Waals surface area (Å²) in [4.78, 5) is 8.43. The third-order valence-corrected chi connectivity index (χ3v) is 3.83. The summed E-state index contributed by atoms with van der Waals surface area (Å²) < 4.78 is 0. The highest BCUT2D eigenvalue weighted by atomic mass is 15.2. The summed E-state index contributed by atoms with van der Waals surface area (Å²) >= 11 is 0. The number of nitrogens with two attached hydrogens (primary N) is 1. The van der Waals surface area contributed by atoms with E-state index in [9.17, 15) is 0 Å². The van der Waals surface area contributed by atoms with Crippen molar-refractivity contribution < 1.29 is 0 Å². The summed E-state index contributed by atoms with van der Waals surface area (Å²) in [5.74, 6) is 8.22. The molecule has 1 aromatic rings. The van der Waals surface area contributed by atoms with Gasteiger partial charge in [-0.15, -0.1) is 0 Å². The topological polar surface area (TPSA) is 63.8 Å². The number of rotatable bonds is 3. The predicted molar refractivity (Wildman–Crippen MR) is 56.4 cm³/mol. The smallest absolute Gasteiger partial charge is 0.0772 e. The van der Waals surface area contributed by atoms with Crippen LogP contribution in [0.4, 0.5) is 0 Å². The fraction of sp³-hybridized carbons (Fsp3) is 0.636. The molecule has 4 nitrogen and oxygen atoms in total.